The molecule has 0 spiro atoms. The first-order valence-electron chi connectivity index (χ1n) is 7.71. The van der Waals surface area contributed by atoms with E-state index in [4.69, 9.17) is 39.5 Å². The lowest BCUT2D eigenvalue weighted by Gasteiger charge is -2.35. The second-order valence-corrected chi connectivity index (χ2v) is 8.61. The van der Waals surface area contributed by atoms with Crippen molar-refractivity contribution in [2.45, 2.75) is 49.3 Å². The van der Waals surface area contributed by atoms with Crippen LogP contribution in [-0.2, 0) is 17.9 Å². The van der Waals surface area contributed by atoms with Crippen LogP contribution in [-0.4, -0.2) is 26.4 Å². The maximum Gasteiger partial charge on any atom is 0.0983 e. The van der Waals surface area contributed by atoms with Crippen molar-refractivity contribution in [1.82, 2.24) is 9.55 Å². The number of hydrogen-bond donors (Lipinski definition) is 0. The van der Waals surface area contributed by atoms with Gasteiger partial charge in [-0.3, -0.25) is 0 Å². The highest BCUT2D eigenvalue weighted by Gasteiger charge is 2.34. The maximum atomic E-state index is 6.59. The Kier molecular flexibility index (Phi) is 6.27. The number of imidazole rings is 1. The Morgan fingerprint density at radius 2 is 2.26 bits per heavy atom. The van der Waals surface area contributed by atoms with E-state index in [2.05, 4.69) is 4.98 Å². The Labute approximate surface area is 155 Å². The number of aromatic nitrogens is 2. The second kappa shape index (κ2) is 8.21. The number of thiophene rings is 1. The summed E-state index contributed by atoms with van der Waals surface area (Å²) in [6, 6.07) is 2.01. The van der Waals surface area contributed by atoms with Gasteiger partial charge in [-0.05, 0) is 30.7 Å². The van der Waals surface area contributed by atoms with Crippen LogP contribution in [0.25, 0.3) is 0 Å². The number of halogens is 3. The monoisotopic (exact) mass is 392 g/mol. The molecule has 0 N–H and O–H groups in total. The molecular formula is C16H19Cl3N2OS. The lowest BCUT2D eigenvalue weighted by molar-refractivity contribution is -0.0186. The highest BCUT2D eigenvalue weighted by molar-refractivity contribution is 7.14. The van der Waals surface area contributed by atoms with E-state index in [0.717, 1.165) is 35.7 Å². The molecule has 2 aromatic heterocycles. The van der Waals surface area contributed by atoms with E-state index in [1.807, 2.05) is 28.5 Å². The molecular weight excluding hydrogens is 375 g/mol. The van der Waals surface area contributed by atoms with Crippen molar-refractivity contribution in [3.05, 3.63) is 40.1 Å². The van der Waals surface area contributed by atoms with Crippen molar-refractivity contribution < 1.29 is 4.74 Å². The van der Waals surface area contributed by atoms with Crippen LogP contribution in [0.1, 0.15) is 24.8 Å². The molecule has 1 aliphatic carbocycles. The fourth-order valence-corrected chi connectivity index (χ4v) is 4.86. The smallest absolute Gasteiger partial charge is 0.0983 e. The minimum atomic E-state index is 0.0202. The average Bonchev–Trinajstić information content (AvgIpc) is 3.16. The molecule has 0 aromatic carbocycles. The molecule has 0 bridgehead atoms. The molecule has 0 radical (unpaired) electrons. The van der Waals surface area contributed by atoms with Crippen molar-refractivity contribution in [1.29, 1.82) is 0 Å². The summed E-state index contributed by atoms with van der Waals surface area (Å²) >= 11 is 20.5. The van der Waals surface area contributed by atoms with Gasteiger partial charge in [-0.2, -0.15) is 0 Å². The van der Waals surface area contributed by atoms with Crippen molar-refractivity contribution in [3.63, 3.8) is 0 Å². The standard InChI is InChI=1S/C16H19Cl3N2OS/c17-12-1-2-13(14(18)7-12)15(8-21-5-4-20-10-21)22-9-11-3-6-23-16(11)19/h3-6,10,12-15H,1-2,7-9H2. The van der Waals surface area contributed by atoms with E-state index >= 15 is 0 Å². The second-order valence-electron chi connectivity index (χ2n) is 5.92. The quantitative estimate of drug-likeness (QED) is 0.631. The van der Waals surface area contributed by atoms with Gasteiger partial charge in [0, 0.05) is 34.6 Å². The largest absolute Gasteiger partial charge is 0.371 e. The third-order valence-electron chi connectivity index (χ3n) is 4.33. The van der Waals surface area contributed by atoms with Crippen molar-refractivity contribution in [2.24, 2.45) is 5.92 Å². The van der Waals surface area contributed by atoms with E-state index in [1.54, 1.807) is 6.20 Å². The topological polar surface area (TPSA) is 27.1 Å². The van der Waals surface area contributed by atoms with Gasteiger partial charge in [0.15, 0.2) is 0 Å². The van der Waals surface area contributed by atoms with Crippen molar-refractivity contribution in [2.75, 3.05) is 0 Å². The number of ether oxygens (including phenoxy) is 1. The fraction of sp³-hybridized carbons (Fsp3) is 0.562. The molecule has 1 saturated carbocycles. The van der Waals surface area contributed by atoms with E-state index in [-0.39, 0.29) is 22.8 Å². The summed E-state index contributed by atoms with van der Waals surface area (Å²) in [6.45, 7) is 1.24. The zero-order chi connectivity index (χ0) is 16.2. The SMILES string of the molecule is Clc1sccc1COC(Cn1ccnc1)C1CCC(Cl)CC1Cl. The van der Waals surface area contributed by atoms with E-state index in [0.29, 0.717) is 6.61 Å². The highest BCUT2D eigenvalue weighted by atomic mass is 35.5. The Hall–Kier alpha value is -0.260. The first-order valence-corrected chi connectivity index (χ1v) is 9.84. The molecule has 4 unspecified atom stereocenters. The zero-order valence-electron chi connectivity index (χ0n) is 12.6. The van der Waals surface area contributed by atoms with Gasteiger partial charge in [0.25, 0.3) is 0 Å². The first-order chi connectivity index (χ1) is 11.1. The lowest BCUT2D eigenvalue weighted by atomic mass is 9.84. The summed E-state index contributed by atoms with van der Waals surface area (Å²) in [7, 11) is 0. The van der Waals surface area contributed by atoms with Gasteiger partial charge in [0.1, 0.15) is 0 Å². The third kappa shape index (κ3) is 4.64. The van der Waals surface area contributed by atoms with Gasteiger partial charge in [-0.25, -0.2) is 4.98 Å². The summed E-state index contributed by atoms with van der Waals surface area (Å²) in [5.74, 6) is 0.284. The van der Waals surface area contributed by atoms with Gasteiger partial charge >= 0.3 is 0 Å². The van der Waals surface area contributed by atoms with Crippen LogP contribution in [0.5, 0.6) is 0 Å². The third-order valence-corrected chi connectivity index (χ3v) is 6.48. The molecule has 126 valence electrons. The molecule has 0 aliphatic heterocycles. The number of nitrogens with zero attached hydrogens (tertiary/aromatic N) is 2. The molecule has 7 heteroatoms. The summed E-state index contributed by atoms with van der Waals surface area (Å²) in [4.78, 5) is 4.11. The van der Waals surface area contributed by atoms with Crippen LogP contribution in [0.15, 0.2) is 30.2 Å². The van der Waals surface area contributed by atoms with E-state index in [1.165, 1.54) is 11.3 Å². The maximum absolute atomic E-state index is 6.59. The van der Waals surface area contributed by atoms with Crippen LogP contribution in [0.2, 0.25) is 4.34 Å². The van der Waals surface area contributed by atoms with Gasteiger partial charge < -0.3 is 9.30 Å². The Bertz CT molecular complexity index is 604. The first kappa shape index (κ1) is 17.6. The van der Waals surface area contributed by atoms with E-state index in [9.17, 15) is 0 Å². The molecule has 4 atom stereocenters. The minimum Gasteiger partial charge on any atom is -0.371 e. The molecule has 3 rings (SSSR count). The summed E-state index contributed by atoms with van der Waals surface area (Å²) in [5, 5.41) is 2.20. The number of rotatable bonds is 6. The molecule has 1 aliphatic rings. The van der Waals surface area contributed by atoms with Gasteiger partial charge in [-0.1, -0.05) is 11.6 Å². The fourth-order valence-electron chi connectivity index (χ4n) is 3.04. The predicted molar refractivity (Wildman–Crippen MR) is 96.8 cm³/mol. The summed E-state index contributed by atoms with van der Waals surface area (Å²) in [5.41, 5.74) is 1.03. The van der Waals surface area contributed by atoms with Crippen molar-refractivity contribution in [3.8, 4) is 0 Å². The average molecular weight is 394 g/mol. The van der Waals surface area contributed by atoms with Gasteiger partial charge in [-0.15, -0.1) is 34.5 Å². The highest BCUT2D eigenvalue weighted by Crippen LogP contribution is 2.36. The van der Waals surface area contributed by atoms with Gasteiger partial charge in [0.05, 0.1) is 29.9 Å². The summed E-state index contributed by atoms with van der Waals surface area (Å²) < 4.78 is 9.06. The Morgan fingerprint density at radius 1 is 1.39 bits per heavy atom. The van der Waals surface area contributed by atoms with Crippen LogP contribution < -0.4 is 0 Å². The van der Waals surface area contributed by atoms with Crippen LogP contribution in [0.4, 0.5) is 0 Å². The predicted octanol–water partition coefficient (Wildman–Crippen LogP) is 5.20. The Morgan fingerprint density at radius 3 is 2.91 bits per heavy atom. The molecule has 23 heavy (non-hydrogen) atoms. The molecule has 0 amide bonds. The normalized spacial score (nSPS) is 26.3. The van der Waals surface area contributed by atoms with Crippen LogP contribution in [0.3, 0.4) is 0 Å². The van der Waals surface area contributed by atoms with Crippen LogP contribution in [0, 0.1) is 5.92 Å². The van der Waals surface area contributed by atoms with Crippen molar-refractivity contribution >= 4 is 46.1 Å². The number of alkyl halides is 2. The molecule has 1 fully saturated rings. The number of hydrogen-bond acceptors (Lipinski definition) is 3. The molecule has 2 aromatic rings. The molecule has 0 saturated heterocycles. The van der Waals surface area contributed by atoms with Crippen LogP contribution >= 0.6 is 46.1 Å². The Balaban J connectivity index is 1.69. The minimum absolute atomic E-state index is 0.0202. The molecule has 3 nitrogen and oxygen atoms in total. The molecule has 2 heterocycles. The lowest BCUT2D eigenvalue weighted by Crippen LogP contribution is -2.38. The zero-order valence-corrected chi connectivity index (χ0v) is 15.7. The van der Waals surface area contributed by atoms with Gasteiger partial charge in [0.2, 0.25) is 0 Å². The van der Waals surface area contributed by atoms with E-state index < -0.39 is 0 Å². The summed E-state index contributed by atoms with van der Waals surface area (Å²) in [6.07, 6.45) is 8.36.